The molecule has 0 saturated carbocycles. The number of nitrogens with two attached hydrogens (primary N) is 2. The van der Waals surface area contributed by atoms with Gasteiger partial charge in [-0.05, 0) is 6.42 Å². The van der Waals surface area contributed by atoms with Gasteiger partial charge in [-0.2, -0.15) is 0 Å². The van der Waals surface area contributed by atoms with E-state index in [0.717, 1.165) is 30.4 Å². The van der Waals surface area contributed by atoms with Crippen LogP contribution in [0, 0.1) is 4.64 Å². The molecule has 0 fully saturated rings. The summed E-state index contributed by atoms with van der Waals surface area (Å²) in [7, 11) is 0. The molecule has 0 atom stereocenters. The second-order valence-corrected chi connectivity index (χ2v) is 4.87. The molecule has 0 unspecified atom stereocenters. The molecule has 0 aromatic carbocycles. The zero-order valence-corrected chi connectivity index (χ0v) is 11.9. The summed E-state index contributed by atoms with van der Waals surface area (Å²) in [6.45, 7) is 2.14. The van der Waals surface area contributed by atoms with Crippen LogP contribution >= 0.6 is 12.2 Å². The van der Waals surface area contributed by atoms with Crippen molar-refractivity contribution in [2.45, 2.75) is 45.4 Å². The fourth-order valence-corrected chi connectivity index (χ4v) is 2.17. The third-order valence-corrected chi connectivity index (χ3v) is 3.22. The number of unbranched alkanes of at least 4 members (excludes halogenated alkanes) is 4. The van der Waals surface area contributed by atoms with Crippen molar-refractivity contribution in [1.82, 2.24) is 9.78 Å². The van der Waals surface area contributed by atoms with Crippen LogP contribution in [0.1, 0.15) is 60.6 Å². The maximum atomic E-state index is 11.9. The Bertz CT molecular complexity index is 518. The van der Waals surface area contributed by atoms with E-state index in [2.05, 4.69) is 12.0 Å². The van der Waals surface area contributed by atoms with Gasteiger partial charge in [0.25, 0.3) is 5.91 Å². The van der Waals surface area contributed by atoms with Crippen LogP contribution in [0.15, 0.2) is 0 Å². The molecule has 0 saturated heterocycles. The van der Waals surface area contributed by atoms with E-state index >= 15 is 0 Å². The topological polar surface area (TPSA) is 107 Å². The fraction of sp³-hybridized carbons (Fsp3) is 0.583. The minimum absolute atomic E-state index is 0.00365. The first kappa shape index (κ1) is 15.4. The average molecular weight is 284 g/mol. The third kappa shape index (κ3) is 3.92. The number of nitrogens with one attached hydrogen (secondary N) is 1. The molecule has 0 aliphatic rings. The molecule has 1 amide bonds. The largest absolute Gasteiger partial charge is 0.383 e. The number of primary amides is 1. The molecule has 106 valence electrons. The van der Waals surface area contributed by atoms with Crippen molar-refractivity contribution in [2.24, 2.45) is 5.73 Å². The number of H-pyrrole nitrogens is 1. The van der Waals surface area contributed by atoms with Gasteiger partial charge in [0.2, 0.25) is 5.91 Å². The second kappa shape index (κ2) is 7.08. The summed E-state index contributed by atoms with van der Waals surface area (Å²) >= 11 is 4.92. The normalized spacial score (nSPS) is 10.6. The van der Waals surface area contributed by atoms with Gasteiger partial charge in [0.15, 0.2) is 0 Å². The van der Waals surface area contributed by atoms with Gasteiger partial charge >= 0.3 is 0 Å². The Kier molecular flexibility index (Phi) is 5.75. The van der Waals surface area contributed by atoms with Crippen LogP contribution in [0.5, 0.6) is 0 Å². The Balaban J connectivity index is 2.66. The maximum Gasteiger partial charge on any atom is 0.255 e. The van der Waals surface area contributed by atoms with Gasteiger partial charge in [0.1, 0.15) is 16.0 Å². The summed E-state index contributed by atoms with van der Waals surface area (Å²) in [6.07, 6.45) is 5.62. The molecule has 5 N–H and O–H groups in total. The van der Waals surface area contributed by atoms with Gasteiger partial charge in [0.05, 0.1) is 0 Å². The van der Waals surface area contributed by atoms with Crippen molar-refractivity contribution in [2.75, 3.05) is 5.73 Å². The van der Waals surface area contributed by atoms with Gasteiger partial charge in [-0.25, -0.2) is 4.68 Å². The number of aromatic nitrogens is 2. The summed E-state index contributed by atoms with van der Waals surface area (Å²) < 4.78 is 1.21. The molecule has 1 aromatic rings. The van der Waals surface area contributed by atoms with E-state index in [0.29, 0.717) is 6.42 Å². The zero-order valence-electron chi connectivity index (χ0n) is 11.1. The van der Waals surface area contributed by atoms with Crippen LogP contribution in [0.3, 0.4) is 0 Å². The average Bonchev–Trinajstić information content (AvgIpc) is 2.64. The highest BCUT2D eigenvalue weighted by molar-refractivity contribution is 7.71. The van der Waals surface area contributed by atoms with Gasteiger partial charge < -0.3 is 11.5 Å². The molecule has 0 aliphatic carbocycles. The number of carbonyl (C=O) groups is 2. The molecule has 0 aliphatic heterocycles. The monoisotopic (exact) mass is 284 g/mol. The number of carbonyl (C=O) groups excluding carboxylic acids is 2. The number of rotatable bonds is 7. The van der Waals surface area contributed by atoms with Crippen LogP contribution in [0.25, 0.3) is 0 Å². The zero-order chi connectivity index (χ0) is 14.4. The molecular weight excluding hydrogens is 264 g/mol. The Morgan fingerprint density at radius 2 is 1.89 bits per heavy atom. The Hall–Kier alpha value is -1.63. The fourth-order valence-electron chi connectivity index (χ4n) is 1.87. The number of hydrogen-bond acceptors (Lipinski definition) is 4. The highest BCUT2D eigenvalue weighted by Gasteiger charge is 2.18. The lowest BCUT2D eigenvalue weighted by Gasteiger charge is -2.04. The molecule has 6 nitrogen and oxygen atoms in total. The first-order valence-electron chi connectivity index (χ1n) is 6.42. The van der Waals surface area contributed by atoms with Crippen LogP contribution in [0.2, 0.25) is 0 Å². The number of hydrogen-bond donors (Lipinski definition) is 3. The smallest absolute Gasteiger partial charge is 0.255 e. The van der Waals surface area contributed by atoms with E-state index < -0.39 is 5.91 Å². The van der Waals surface area contributed by atoms with Crippen molar-refractivity contribution in [3.8, 4) is 0 Å². The second-order valence-electron chi connectivity index (χ2n) is 4.46. The molecule has 0 spiro atoms. The number of anilines is 1. The first-order valence-corrected chi connectivity index (χ1v) is 6.83. The number of nitrogens with zero attached hydrogens (tertiary/aromatic N) is 1. The number of amides is 1. The number of nitrogen functional groups attached to an aromatic ring is 1. The minimum Gasteiger partial charge on any atom is -0.383 e. The lowest BCUT2D eigenvalue weighted by Crippen LogP contribution is -2.17. The molecule has 1 heterocycles. The van der Waals surface area contributed by atoms with Crippen LogP contribution in [0.4, 0.5) is 5.82 Å². The Morgan fingerprint density at radius 3 is 2.42 bits per heavy atom. The summed E-state index contributed by atoms with van der Waals surface area (Å²) in [4.78, 5) is 23.1. The van der Waals surface area contributed by atoms with Crippen LogP contribution in [-0.4, -0.2) is 21.6 Å². The van der Waals surface area contributed by atoms with E-state index in [1.54, 1.807) is 0 Å². The van der Waals surface area contributed by atoms with E-state index in [4.69, 9.17) is 23.7 Å². The lowest BCUT2D eigenvalue weighted by atomic mass is 10.1. The summed E-state index contributed by atoms with van der Waals surface area (Å²) in [6, 6.07) is 0. The summed E-state index contributed by atoms with van der Waals surface area (Å²) in [5.74, 6) is -0.933. The Labute approximate surface area is 117 Å². The third-order valence-electron chi connectivity index (χ3n) is 2.93. The van der Waals surface area contributed by atoms with Crippen LogP contribution < -0.4 is 11.5 Å². The van der Waals surface area contributed by atoms with Crippen molar-refractivity contribution in [3.05, 3.63) is 10.2 Å². The molecule has 19 heavy (non-hydrogen) atoms. The van der Waals surface area contributed by atoms with E-state index in [-0.39, 0.29) is 21.9 Å². The quantitative estimate of drug-likeness (QED) is 0.527. The first-order chi connectivity index (χ1) is 8.99. The van der Waals surface area contributed by atoms with Gasteiger partial charge in [0, 0.05) is 6.42 Å². The maximum absolute atomic E-state index is 11.9. The molecular formula is C12H20N4O2S. The summed E-state index contributed by atoms with van der Waals surface area (Å²) in [5, 5.41) is 2.60. The number of aromatic amines is 1. The molecule has 0 radical (unpaired) electrons. The van der Waals surface area contributed by atoms with Crippen molar-refractivity contribution < 1.29 is 9.59 Å². The van der Waals surface area contributed by atoms with E-state index in [9.17, 15) is 9.59 Å². The van der Waals surface area contributed by atoms with E-state index in [1.807, 2.05) is 0 Å². The van der Waals surface area contributed by atoms with Crippen LogP contribution in [-0.2, 0) is 0 Å². The molecule has 7 heteroatoms. The predicted molar refractivity (Wildman–Crippen MR) is 76.5 cm³/mol. The Morgan fingerprint density at radius 1 is 1.26 bits per heavy atom. The standard InChI is InChI=1S/C12H20N4O2S/c1-2-3-4-5-6-7-8(17)16-10(13)9(11(14)18)12(19)15-16/h2-7,13H2,1H3,(H2,14,18)(H,15,19). The lowest BCUT2D eigenvalue weighted by molar-refractivity contribution is 0.0886. The summed E-state index contributed by atoms with van der Waals surface area (Å²) in [5.41, 5.74) is 10.9. The molecule has 1 rings (SSSR count). The van der Waals surface area contributed by atoms with Crippen molar-refractivity contribution in [1.29, 1.82) is 0 Å². The minimum atomic E-state index is -0.728. The molecule has 0 bridgehead atoms. The predicted octanol–water partition coefficient (Wildman–Crippen LogP) is 2.23. The van der Waals surface area contributed by atoms with E-state index in [1.165, 1.54) is 6.42 Å². The SMILES string of the molecule is CCCCCCCC(=O)n1[nH]c(=S)c(C(N)=O)c1N. The van der Waals surface area contributed by atoms with Gasteiger partial charge in [-0.3, -0.25) is 14.7 Å². The van der Waals surface area contributed by atoms with Crippen molar-refractivity contribution in [3.63, 3.8) is 0 Å². The highest BCUT2D eigenvalue weighted by atomic mass is 32.1. The van der Waals surface area contributed by atoms with Gasteiger partial charge in [-0.15, -0.1) is 0 Å². The van der Waals surface area contributed by atoms with Crippen molar-refractivity contribution >= 4 is 29.9 Å². The molecule has 1 aromatic heterocycles. The highest BCUT2D eigenvalue weighted by Crippen LogP contribution is 2.14. The van der Waals surface area contributed by atoms with Gasteiger partial charge in [-0.1, -0.05) is 44.8 Å².